The summed E-state index contributed by atoms with van der Waals surface area (Å²) in [4.78, 5) is 23.8. The van der Waals surface area contributed by atoms with Crippen LogP contribution >= 0.6 is 82.8 Å². The number of benzene rings is 4. The van der Waals surface area contributed by atoms with E-state index in [-0.39, 0.29) is 16.2 Å². The molecule has 248 valence electrons. The van der Waals surface area contributed by atoms with Gasteiger partial charge >= 0.3 is 59.6 Å². The summed E-state index contributed by atoms with van der Waals surface area (Å²) < 4.78 is -3.69. The molecule has 48 heavy (non-hydrogen) atoms. The molecule has 0 aliphatic heterocycles. The summed E-state index contributed by atoms with van der Waals surface area (Å²) in [6.45, 7) is 3.76. The number of rotatable bonds is 5. The summed E-state index contributed by atoms with van der Waals surface area (Å²) in [7, 11) is 0. The first kappa shape index (κ1) is 40.8. The van der Waals surface area contributed by atoms with Crippen molar-refractivity contribution >= 4 is 105 Å². The van der Waals surface area contributed by atoms with Gasteiger partial charge in [-0.05, 0) is 67.4 Å². The van der Waals surface area contributed by atoms with E-state index in [0.29, 0.717) is 27.8 Å². The molecule has 8 nitrogen and oxygen atoms in total. The molecule has 2 N–H and O–H groups in total. The van der Waals surface area contributed by atoms with Crippen LogP contribution in [0.2, 0.25) is 0 Å². The van der Waals surface area contributed by atoms with Gasteiger partial charge in [-0.25, -0.2) is 0 Å². The standard InChI is InChI=1S/C16H11Cl2N3.C16H13N3O2.Cl5P/c1-11-4-2-3-5-14(11)16(18)21-20-15(17)13-8-6-12(10-19)7-9-13;1-11-4-2-3-5-14(11)16(21)19-18-15(20)13-8-6-12(10-17)7-9-13;1-6(2,3,4)5/h2-9H,1H3;2-9H,1H3,(H,18,20)(H,19,21);/b20-15-,21-16-;;. The van der Waals surface area contributed by atoms with Crippen LogP contribution in [0.1, 0.15) is 54.1 Å². The number of hydrazine groups is 1. The van der Waals surface area contributed by atoms with Crippen LogP contribution in [0, 0.1) is 36.5 Å². The number of hydrogen-bond acceptors (Lipinski definition) is 6. The summed E-state index contributed by atoms with van der Waals surface area (Å²) in [5, 5.41) is 25.8. The van der Waals surface area contributed by atoms with E-state index in [0.717, 1.165) is 16.7 Å². The monoisotopic (exact) mass is 800 g/mol. The SMILES string of the molecule is Cc1ccccc1/C(Cl)=N/N=C(\Cl)c1ccc(C#N)cc1.Cc1ccccc1C(=O)NNC(=O)c1ccc(C#N)cc1.ClP(Cl)(Cl)(Cl)Cl. The zero-order valence-corrected chi connectivity index (χ0v) is 31.1. The van der Waals surface area contributed by atoms with Crippen molar-refractivity contribution in [3.8, 4) is 12.1 Å². The molecule has 0 aliphatic carbocycles. The Hall–Kier alpha value is -3.40. The van der Waals surface area contributed by atoms with E-state index >= 15 is 0 Å². The third kappa shape index (κ3) is 15.7. The number of carbonyl (C=O) groups excluding carboxylic acids is 2. The van der Waals surface area contributed by atoms with Crippen LogP contribution in [0.4, 0.5) is 0 Å². The molecule has 0 saturated carbocycles. The molecule has 16 heteroatoms. The first-order valence-corrected chi connectivity index (χ1v) is 20.8. The van der Waals surface area contributed by atoms with Crippen LogP contribution in [-0.2, 0) is 0 Å². The number of aryl methyl sites for hydroxylation is 2. The topological polar surface area (TPSA) is 130 Å². The van der Waals surface area contributed by atoms with Crippen LogP contribution in [-0.4, -0.2) is 22.2 Å². The second-order valence-electron chi connectivity index (χ2n) is 9.34. The molecule has 0 spiro atoms. The zero-order chi connectivity index (χ0) is 35.9. The molecule has 4 aromatic rings. The van der Waals surface area contributed by atoms with Crippen LogP contribution in [0.25, 0.3) is 0 Å². The van der Waals surface area contributed by atoms with Gasteiger partial charge in [0, 0.05) is 22.3 Å². The number of nitrogens with one attached hydrogen (secondary N) is 2. The van der Waals surface area contributed by atoms with E-state index in [9.17, 15) is 9.59 Å². The molecule has 0 aromatic heterocycles. The van der Waals surface area contributed by atoms with Gasteiger partial charge in [0.05, 0.1) is 23.3 Å². The van der Waals surface area contributed by atoms with Crippen LogP contribution in [0.5, 0.6) is 0 Å². The summed E-state index contributed by atoms with van der Waals surface area (Å²) in [6, 6.07) is 31.6. The van der Waals surface area contributed by atoms with Gasteiger partial charge in [0.2, 0.25) is 0 Å². The first-order valence-electron chi connectivity index (χ1n) is 13.3. The van der Waals surface area contributed by atoms with E-state index in [1.54, 1.807) is 36.4 Å². The average molecular weight is 804 g/mol. The predicted molar refractivity (Wildman–Crippen MR) is 201 cm³/mol. The maximum absolute atomic E-state index is 11.9. The molecule has 0 unspecified atom stereocenters. The van der Waals surface area contributed by atoms with Gasteiger partial charge in [-0.2, -0.15) is 10.5 Å². The summed E-state index contributed by atoms with van der Waals surface area (Å²) in [5.41, 5.74) is 9.91. The van der Waals surface area contributed by atoms with Crippen LogP contribution < -0.4 is 10.9 Å². The van der Waals surface area contributed by atoms with Crippen molar-refractivity contribution in [3.63, 3.8) is 0 Å². The van der Waals surface area contributed by atoms with E-state index < -0.39 is 9.27 Å². The number of carbonyl (C=O) groups is 2. The van der Waals surface area contributed by atoms with Gasteiger partial charge in [-0.3, -0.25) is 20.4 Å². The van der Waals surface area contributed by atoms with Crippen LogP contribution in [0.15, 0.2) is 107 Å². The molecule has 2 amide bonds. The van der Waals surface area contributed by atoms with Gasteiger partial charge < -0.3 is 0 Å². The first-order chi connectivity index (χ1) is 22.5. The van der Waals surface area contributed by atoms with Crippen molar-refractivity contribution < 1.29 is 9.59 Å². The fraction of sp³-hybridized carbons (Fsp3) is 0.0625. The Morgan fingerprint density at radius 1 is 0.583 bits per heavy atom. The Morgan fingerprint density at radius 2 is 0.958 bits per heavy atom. The summed E-state index contributed by atoms with van der Waals surface area (Å²) in [6.07, 6.45) is 0. The van der Waals surface area contributed by atoms with Crippen molar-refractivity contribution in [3.05, 3.63) is 142 Å². The minimum absolute atomic E-state index is 0.214. The summed E-state index contributed by atoms with van der Waals surface area (Å²) in [5.74, 6) is -0.823. The predicted octanol–water partition coefficient (Wildman–Crippen LogP) is 10.7. The Kier molecular flexibility index (Phi) is 16.1. The number of halogens is 7. The average Bonchev–Trinajstić information content (AvgIpc) is 3.05. The Balaban J connectivity index is 0.000000286. The Bertz CT molecular complexity index is 1880. The fourth-order valence-corrected chi connectivity index (χ4v) is 3.88. The van der Waals surface area contributed by atoms with E-state index in [1.807, 2.05) is 62.4 Å². The molecule has 0 bridgehead atoms. The molecule has 0 heterocycles. The van der Waals surface area contributed by atoms with Gasteiger partial charge in [-0.15, -0.1) is 10.2 Å². The quantitative estimate of drug-likeness (QED) is 0.118. The van der Waals surface area contributed by atoms with E-state index in [2.05, 4.69) is 21.1 Å². The second kappa shape index (κ2) is 19.0. The fourth-order valence-electron chi connectivity index (χ4n) is 3.46. The minimum atomic E-state index is -3.69. The molecule has 0 fully saturated rings. The van der Waals surface area contributed by atoms with Crippen molar-refractivity contribution in [1.29, 1.82) is 10.5 Å². The molecular formula is C32H24Cl7N6O2P. The molecular weight excluding hydrogens is 780 g/mol. The van der Waals surface area contributed by atoms with Crippen molar-refractivity contribution in [2.24, 2.45) is 10.2 Å². The molecule has 0 saturated heterocycles. The van der Waals surface area contributed by atoms with E-state index in [4.69, 9.17) is 89.9 Å². The normalized spacial score (nSPS) is 11.9. The van der Waals surface area contributed by atoms with E-state index in [1.165, 1.54) is 24.3 Å². The maximum atomic E-state index is 11.9. The molecule has 0 radical (unpaired) electrons. The second-order valence-corrected chi connectivity index (χ2v) is 26.7. The Labute approximate surface area is 311 Å². The number of amides is 2. The Morgan fingerprint density at radius 3 is 1.40 bits per heavy atom. The van der Waals surface area contributed by atoms with Crippen molar-refractivity contribution in [1.82, 2.24) is 10.9 Å². The molecule has 4 aromatic carbocycles. The van der Waals surface area contributed by atoms with Crippen LogP contribution in [0.3, 0.4) is 0 Å². The van der Waals surface area contributed by atoms with Gasteiger partial charge in [0.15, 0.2) is 10.3 Å². The number of nitriles is 2. The molecule has 4 rings (SSSR count). The van der Waals surface area contributed by atoms with Gasteiger partial charge in [-0.1, -0.05) is 77.8 Å². The number of nitrogens with zero attached hydrogens (tertiary/aromatic N) is 4. The van der Waals surface area contributed by atoms with Crippen molar-refractivity contribution in [2.45, 2.75) is 13.8 Å². The van der Waals surface area contributed by atoms with Crippen molar-refractivity contribution in [2.75, 3.05) is 0 Å². The zero-order valence-electron chi connectivity index (χ0n) is 24.9. The molecule has 0 aliphatic rings. The number of hydrogen-bond donors (Lipinski definition) is 2. The third-order valence-corrected chi connectivity index (χ3v) is 6.37. The summed E-state index contributed by atoms with van der Waals surface area (Å²) >= 11 is 37.1. The van der Waals surface area contributed by atoms with Gasteiger partial charge in [0.1, 0.15) is 0 Å². The molecule has 0 atom stereocenters. The van der Waals surface area contributed by atoms with Gasteiger partial charge in [0.25, 0.3) is 11.8 Å². The third-order valence-electron chi connectivity index (χ3n) is 5.80.